The van der Waals surface area contributed by atoms with Gasteiger partial charge < -0.3 is 10.1 Å². The molecule has 1 aromatic rings. The van der Waals surface area contributed by atoms with Crippen LogP contribution in [0.5, 0.6) is 5.75 Å². The maximum atomic E-state index is 6.06. The van der Waals surface area contributed by atoms with Gasteiger partial charge in [0.15, 0.2) is 0 Å². The quantitative estimate of drug-likeness (QED) is 0.811. The van der Waals surface area contributed by atoms with E-state index in [2.05, 4.69) is 5.32 Å². The third-order valence-electron chi connectivity index (χ3n) is 2.40. The predicted octanol–water partition coefficient (Wildman–Crippen LogP) is 2.39. The molecule has 1 atom stereocenters. The van der Waals surface area contributed by atoms with Crippen LogP contribution in [0.1, 0.15) is 12.0 Å². The van der Waals surface area contributed by atoms with Gasteiger partial charge in [-0.1, -0.05) is 17.7 Å². The Labute approximate surface area is 89.2 Å². The van der Waals surface area contributed by atoms with Crippen LogP contribution in [0.15, 0.2) is 18.2 Å². The highest BCUT2D eigenvalue weighted by atomic mass is 35.5. The molecule has 1 aliphatic heterocycles. The summed E-state index contributed by atoms with van der Waals surface area (Å²) >= 11 is 6.06. The molecule has 0 unspecified atom stereocenters. The first-order valence-corrected chi connectivity index (χ1v) is 5.27. The number of benzene rings is 1. The number of rotatable bonds is 2. The first kappa shape index (κ1) is 9.81. The monoisotopic (exact) mass is 211 g/mol. The zero-order valence-corrected chi connectivity index (χ0v) is 8.97. The summed E-state index contributed by atoms with van der Waals surface area (Å²) < 4.78 is 5.77. The number of halogens is 1. The van der Waals surface area contributed by atoms with Gasteiger partial charge in [-0.3, -0.25) is 0 Å². The van der Waals surface area contributed by atoms with E-state index >= 15 is 0 Å². The first-order chi connectivity index (χ1) is 6.75. The minimum atomic E-state index is 0.273. The SMILES string of the molecule is Cc1ccc(O[C@H]2CCNC2)c(Cl)c1. The van der Waals surface area contributed by atoms with Crippen LogP contribution in [-0.4, -0.2) is 19.2 Å². The fourth-order valence-electron chi connectivity index (χ4n) is 1.61. The summed E-state index contributed by atoms with van der Waals surface area (Å²) in [6, 6.07) is 5.89. The normalized spacial score (nSPS) is 21.1. The van der Waals surface area contributed by atoms with E-state index in [9.17, 15) is 0 Å². The molecule has 1 fully saturated rings. The van der Waals surface area contributed by atoms with E-state index in [1.807, 2.05) is 25.1 Å². The Bertz CT molecular complexity index is 321. The fourth-order valence-corrected chi connectivity index (χ4v) is 1.89. The Morgan fingerprint density at radius 3 is 3.00 bits per heavy atom. The van der Waals surface area contributed by atoms with Gasteiger partial charge in [0.25, 0.3) is 0 Å². The lowest BCUT2D eigenvalue weighted by molar-refractivity contribution is 0.223. The molecule has 3 heteroatoms. The van der Waals surface area contributed by atoms with Crippen LogP contribution in [0.4, 0.5) is 0 Å². The molecule has 76 valence electrons. The van der Waals surface area contributed by atoms with Gasteiger partial charge in [0.1, 0.15) is 11.9 Å². The number of hydrogen-bond acceptors (Lipinski definition) is 2. The van der Waals surface area contributed by atoms with Gasteiger partial charge in [-0.05, 0) is 37.6 Å². The van der Waals surface area contributed by atoms with Gasteiger partial charge >= 0.3 is 0 Å². The van der Waals surface area contributed by atoms with Crippen molar-refractivity contribution >= 4 is 11.6 Å². The van der Waals surface area contributed by atoms with Gasteiger partial charge in [-0.2, -0.15) is 0 Å². The maximum Gasteiger partial charge on any atom is 0.138 e. The van der Waals surface area contributed by atoms with Crippen LogP contribution in [0.25, 0.3) is 0 Å². The van der Waals surface area contributed by atoms with Crippen molar-refractivity contribution in [1.29, 1.82) is 0 Å². The summed E-state index contributed by atoms with van der Waals surface area (Å²) in [6.07, 6.45) is 1.33. The van der Waals surface area contributed by atoms with Crippen LogP contribution >= 0.6 is 11.6 Å². The second-order valence-electron chi connectivity index (χ2n) is 3.67. The molecule has 0 aromatic heterocycles. The highest BCUT2D eigenvalue weighted by Gasteiger charge is 2.16. The number of ether oxygens (including phenoxy) is 1. The molecule has 1 aromatic carbocycles. The second-order valence-corrected chi connectivity index (χ2v) is 4.07. The molecular formula is C11H14ClNO. The zero-order chi connectivity index (χ0) is 9.97. The Hall–Kier alpha value is -0.730. The van der Waals surface area contributed by atoms with Gasteiger partial charge in [0, 0.05) is 6.54 Å². The lowest BCUT2D eigenvalue weighted by Gasteiger charge is -2.13. The Morgan fingerprint density at radius 1 is 1.50 bits per heavy atom. The highest BCUT2D eigenvalue weighted by Crippen LogP contribution is 2.26. The van der Waals surface area contributed by atoms with E-state index in [0.717, 1.165) is 30.8 Å². The van der Waals surface area contributed by atoms with Crippen LogP contribution < -0.4 is 10.1 Å². The summed E-state index contributed by atoms with van der Waals surface area (Å²) in [4.78, 5) is 0. The number of hydrogen-bond donors (Lipinski definition) is 1. The van der Waals surface area contributed by atoms with Crippen molar-refractivity contribution in [3.8, 4) is 5.75 Å². The molecule has 1 heterocycles. The minimum absolute atomic E-state index is 0.273. The van der Waals surface area contributed by atoms with E-state index in [-0.39, 0.29) is 6.10 Å². The van der Waals surface area contributed by atoms with E-state index in [4.69, 9.17) is 16.3 Å². The van der Waals surface area contributed by atoms with E-state index in [1.54, 1.807) is 0 Å². The Morgan fingerprint density at radius 2 is 2.36 bits per heavy atom. The summed E-state index contributed by atoms with van der Waals surface area (Å²) in [6.45, 7) is 3.98. The van der Waals surface area contributed by atoms with E-state index < -0.39 is 0 Å². The zero-order valence-electron chi connectivity index (χ0n) is 8.22. The molecule has 0 bridgehead atoms. The highest BCUT2D eigenvalue weighted by molar-refractivity contribution is 6.32. The molecular weight excluding hydrogens is 198 g/mol. The predicted molar refractivity (Wildman–Crippen MR) is 58.1 cm³/mol. The molecule has 0 aliphatic carbocycles. The Balaban J connectivity index is 2.08. The maximum absolute atomic E-state index is 6.06. The number of aryl methyl sites for hydroxylation is 1. The van der Waals surface area contributed by atoms with Crippen molar-refractivity contribution in [3.05, 3.63) is 28.8 Å². The van der Waals surface area contributed by atoms with Crippen molar-refractivity contribution in [2.75, 3.05) is 13.1 Å². The molecule has 0 spiro atoms. The topological polar surface area (TPSA) is 21.3 Å². The first-order valence-electron chi connectivity index (χ1n) is 4.89. The van der Waals surface area contributed by atoms with Gasteiger partial charge in [-0.25, -0.2) is 0 Å². The third kappa shape index (κ3) is 2.20. The van der Waals surface area contributed by atoms with Crippen LogP contribution in [0.2, 0.25) is 5.02 Å². The molecule has 2 rings (SSSR count). The average molecular weight is 212 g/mol. The van der Waals surface area contributed by atoms with Crippen LogP contribution in [0, 0.1) is 6.92 Å². The molecule has 14 heavy (non-hydrogen) atoms. The third-order valence-corrected chi connectivity index (χ3v) is 2.69. The van der Waals surface area contributed by atoms with Crippen molar-refractivity contribution in [3.63, 3.8) is 0 Å². The fraction of sp³-hybridized carbons (Fsp3) is 0.455. The van der Waals surface area contributed by atoms with Crippen molar-refractivity contribution < 1.29 is 4.74 Å². The summed E-state index contributed by atoms with van der Waals surface area (Å²) in [5.74, 6) is 0.797. The minimum Gasteiger partial charge on any atom is -0.487 e. The van der Waals surface area contributed by atoms with Gasteiger partial charge in [-0.15, -0.1) is 0 Å². The van der Waals surface area contributed by atoms with Crippen LogP contribution in [0.3, 0.4) is 0 Å². The molecule has 1 N–H and O–H groups in total. The second kappa shape index (κ2) is 4.20. The summed E-state index contributed by atoms with van der Waals surface area (Å²) in [5.41, 5.74) is 1.16. The van der Waals surface area contributed by atoms with E-state index in [0.29, 0.717) is 5.02 Å². The summed E-state index contributed by atoms with van der Waals surface area (Å²) in [5, 5.41) is 3.96. The molecule has 2 nitrogen and oxygen atoms in total. The summed E-state index contributed by atoms with van der Waals surface area (Å²) in [7, 11) is 0. The van der Waals surface area contributed by atoms with Crippen molar-refractivity contribution in [1.82, 2.24) is 5.32 Å². The molecule has 0 saturated carbocycles. The standard InChI is InChI=1S/C11H14ClNO/c1-8-2-3-11(10(12)6-8)14-9-4-5-13-7-9/h2-3,6,9,13H,4-5,7H2,1H3/t9-/m0/s1. The van der Waals surface area contributed by atoms with Crippen molar-refractivity contribution in [2.45, 2.75) is 19.4 Å². The Kier molecular flexibility index (Phi) is 2.94. The van der Waals surface area contributed by atoms with Crippen LogP contribution in [-0.2, 0) is 0 Å². The lowest BCUT2D eigenvalue weighted by Crippen LogP contribution is -2.19. The lowest BCUT2D eigenvalue weighted by atomic mass is 10.2. The number of nitrogens with one attached hydrogen (secondary N) is 1. The molecule has 1 aliphatic rings. The largest absolute Gasteiger partial charge is 0.487 e. The average Bonchev–Trinajstić information content (AvgIpc) is 2.62. The molecule has 1 saturated heterocycles. The van der Waals surface area contributed by atoms with Gasteiger partial charge in [0.05, 0.1) is 5.02 Å². The van der Waals surface area contributed by atoms with Crippen molar-refractivity contribution in [2.24, 2.45) is 0 Å². The van der Waals surface area contributed by atoms with E-state index in [1.165, 1.54) is 0 Å². The smallest absolute Gasteiger partial charge is 0.138 e. The molecule has 0 radical (unpaired) electrons. The van der Waals surface area contributed by atoms with Gasteiger partial charge in [0.2, 0.25) is 0 Å². The molecule has 0 amide bonds.